The fourth-order valence-electron chi connectivity index (χ4n) is 2.61. The molecular weight excluding hydrogens is 258 g/mol. The molecule has 21 heavy (non-hydrogen) atoms. The molecule has 0 spiro atoms. The van der Waals surface area contributed by atoms with E-state index >= 15 is 0 Å². The van der Waals surface area contributed by atoms with E-state index in [1.807, 2.05) is 6.20 Å². The molecule has 0 saturated carbocycles. The van der Waals surface area contributed by atoms with Gasteiger partial charge in [-0.1, -0.05) is 13.0 Å². The van der Waals surface area contributed by atoms with E-state index in [1.54, 1.807) is 0 Å². The zero-order chi connectivity index (χ0) is 15.4. The van der Waals surface area contributed by atoms with Crippen molar-refractivity contribution >= 4 is 11.5 Å². The Balaban J connectivity index is 2.28. The summed E-state index contributed by atoms with van der Waals surface area (Å²) in [7, 11) is 2.08. The maximum atomic E-state index is 4.65. The van der Waals surface area contributed by atoms with Gasteiger partial charge in [0.2, 0.25) is 0 Å². The molecule has 0 unspecified atom stereocenters. The third-order valence-corrected chi connectivity index (χ3v) is 3.60. The first kappa shape index (κ1) is 15.5. The zero-order valence-electron chi connectivity index (χ0n) is 13.7. The molecule has 0 aliphatic rings. The monoisotopic (exact) mass is 283 g/mol. The van der Waals surface area contributed by atoms with Gasteiger partial charge >= 0.3 is 0 Å². The molecule has 0 bridgehead atoms. The van der Waals surface area contributed by atoms with E-state index in [1.165, 1.54) is 27.9 Å². The second kappa shape index (κ2) is 6.72. The lowest BCUT2D eigenvalue weighted by atomic mass is 10.1. The van der Waals surface area contributed by atoms with Crippen LogP contribution in [0, 0.1) is 20.8 Å². The molecule has 0 saturated heterocycles. The number of benzene rings is 1. The fraction of sp³-hybridized carbons (Fsp3) is 0.389. The predicted octanol–water partition coefficient (Wildman–Crippen LogP) is 3.88. The van der Waals surface area contributed by atoms with Gasteiger partial charge in [-0.15, -0.1) is 0 Å². The van der Waals surface area contributed by atoms with Crippen LogP contribution in [0.25, 0.3) is 0 Å². The summed E-state index contributed by atoms with van der Waals surface area (Å²) >= 11 is 0. The highest BCUT2D eigenvalue weighted by molar-refractivity contribution is 5.63. The van der Waals surface area contributed by atoms with Gasteiger partial charge in [-0.25, -0.2) is 4.98 Å². The van der Waals surface area contributed by atoms with Crippen LogP contribution in [0.4, 0.5) is 11.5 Å². The van der Waals surface area contributed by atoms with Crippen LogP contribution >= 0.6 is 0 Å². The van der Waals surface area contributed by atoms with Gasteiger partial charge in [-0.05, 0) is 67.8 Å². The van der Waals surface area contributed by atoms with Crippen molar-refractivity contribution in [3.63, 3.8) is 0 Å². The largest absolute Gasteiger partial charge is 0.329 e. The van der Waals surface area contributed by atoms with Crippen molar-refractivity contribution in [3.05, 3.63) is 52.7 Å². The zero-order valence-corrected chi connectivity index (χ0v) is 13.7. The molecule has 0 atom stereocenters. The van der Waals surface area contributed by atoms with Crippen LogP contribution in [0.1, 0.15) is 29.2 Å². The van der Waals surface area contributed by atoms with Gasteiger partial charge in [0.05, 0.1) is 0 Å². The van der Waals surface area contributed by atoms with Crippen LogP contribution in [0.2, 0.25) is 0 Å². The molecule has 3 heteroatoms. The normalized spacial score (nSPS) is 10.7. The lowest BCUT2D eigenvalue weighted by molar-refractivity contribution is 0.723. The summed E-state index contributed by atoms with van der Waals surface area (Å²) in [6.45, 7) is 10.3. The molecule has 1 heterocycles. The van der Waals surface area contributed by atoms with E-state index in [-0.39, 0.29) is 0 Å². The molecule has 0 aliphatic heterocycles. The number of nitrogens with one attached hydrogen (secondary N) is 1. The van der Waals surface area contributed by atoms with Gasteiger partial charge in [0.15, 0.2) is 0 Å². The summed E-state index contributed by atoms with van der Waals surface area (Å²) < 4.78 is 0. The van der Waals surface area contributed by atoms with E-state index in [9.17, 15) is 0 Å². The fourth-order valence-corrected chi connectivity index (χ4v) is 2.61. The van der Waals surface area contributed by atoms with Gasteiger partial charge in [-0.3, -0.25) is 0 Å². The van der Waals surface area contributed by atoms with Crippen molar-refractivity contribution in [2.45, 2.75) is 34.2 Å². The van der Waals surface area contributed by atoms with Crippen LogP contribution in [-0.4, -0.2) is 18.6 Å². The molecule has 112 valence electrons. The van der Waals surface area contributed by atoms with E-state index in [2.05, 4.69) is 74.2 Å². The predicted molar refractivity (Wildman–Crippen MR) is 90.3 cm³/mol. The van der Waals surface area contributed by atoms with Gasteiger partial charge < -0.3 is 10.2 Å². The Hall–Kier alpha value is -1.87. The standard InChI is InChI=1S/C18H25N3/c1-6-19-11-16-10-15(4)18(20-12-16)21(5)17-8-13(2)7-14(3)9-17/h7-10,12,19H,6,11H2,1-5H3. The van der Waals surface area contributed by atoms with E-state index in [4.69, 9.17) is 0 Å². The smallest absolute Gasteiger partial charge is 0.135 e. The molecule has 0 aliphatic carbocycles. The van der Waals surface area contributed by atoms with E-state index in [0.29, 0.717) is 0 Å². The highest BCUT2D eigenvalue weighted by Crippen LogP contribution is 2.26. The van der Waals surface area contributed by atoms with Crippen molar-refractivity contribution in [3.8, 4) is 0 Å². The van der Waals surface area contributed by atoms with Crippen molar-refractivity contribution < 1.29 is 0 Å². The molecule has 3 nitrogen and oxygen atoms in total. The Kier molecular flexibility index (Phi) is 4.97. The molecule has 2 aromatic rings. The number of nitrogens with zero attached hydrogens (tertiary/aromatic N) is 2. The molecule has 1 aromatic carbocycles. The summed E-state index contributed by atoms with van der Waals surface area (Å²) in [5.41, 5.74) is 6.16. The van der Waals surface area contributed by atoms with Crippen molar-refractivity contribution in [2.24, 2.45) is 0 Å². The van der Waals surface area contributed by atoms with Gasteiger partial charge in [-0.2, -0.15) is 0 Å². The molecule has 2 rings (SSSR count). The summed E-state index contributed by atoms with van der Waals surface area (Å²) in [5, 5.41) is 3.33. The van der Waals surface area contributed by atoms with Crippen molar-refractivity contribution in [2.75, 3.05) is 18.5 Å². The second-order valence-electron chi connectivity index (χ2n) is 5.67. The van der Waals surface area contributed by atoms with Crippen molar-refractivity contribution in [1.82, 2.24) is 10.3 Å². The SMILES string of the molecule is CCNCc1cnc(N(C)c2cc(C)cc(C)c2)c(C)c1. The lowest BCUT2D eigenvalue weighted by Crippen LogP contribution is -2.15. The highest BCUT2D eigenvalue weighted by Gasteiger charge is 2.10. The molecule has 0 radical (unpaired) electrons. The van der Waals surface area contributed by atoms with Crippen molar-refractivity contribution in [1.29, 1.82) is 0 Å². The number of rotatable bonds is 5. The Labute approximate surface area is 128 Å². The second-order valence-corrected chi connectivity index (χ2v) is 5.67. The summed E-state index contributed by atoms with van der Waals surface area (Å²) in [6.07, 6.45) is 1.96. The van der Waals surface area contributed by atoms with Crippen LogP contribution in [0.3, 0.4) is 0 Å². The minimum absolute atomic E-state index is 0.873. The summed E-state index contributed by atoms with van der Waals surface area (Å²) in [5.74, 6) is 1.01. The Morgan fingerprint density at radius 1 is 1.05 bits per heavy atom. The number of pyridine rings is 1. The minimum atomic E-state index is 0.873. The minimum Gasteiger partial charge on any atom is -0.329 e. The quantitative estimate of drug-likeness (QED) is 0.902. The van der Waals surface area contributed by atoms with Crippen LogP contribution < -0.4 is 10.2 Å². The number of aromatic nitrogens is 1. The average molecular weight is 283 g/mol. The third-order valence-electron chi connectivity index (χ3n) is 3.60. The maximum absolute atomic E-state index is 4.65. The van der Waals surface area contributed by atoms with Crippen LogP contribution in [0.15, 0.2) is 30.5 Å². The lowest BCUT2D eigenvalue weighted by Gasteiger charge is -2.22. The van der Waals surface area contributed by atoms with E-state index in [0.717, 1.165) is 18.9 Å². The van der Waals surface area contributed by atoms with Gasteiger partial charge in [0, 0.05) is 25.5 Å². The number of hydrogen-bond acceptors (Lipinski definition) is 3. The Morgan fingerprint density at radius 3 is 2.29 bits per heavy atom. The number of aryl methyl sites for hydroxylation is 3. The number of anilines is 2. The molecule has 1 N–H and O–H groups in total. The topological polar surface area (TPSA) is 28.2 Å². The third kappa shape index (κ3) is 3.82. The average Bonchev–Trinajstić information content (AvgIpc) is 2.43. The summed E-state index contributed by atoms with van der Waals surface area (Å²) in [6, 6.07) is 8.79. The van der Waals surface area contributed by atoms with Gasteiger partial charge in [0.1, 0.15) is 5.82 Å². The molecule has 1 aromatic heterocycles. The number of hydrogen-bond donors (Lipinski definition) is 1. The van der Waals surface area contributed by atoms with Crippen LogP contribution in [-0.2, 0) is 6.54 Å². The van der Waals surface area contributed by atoms with E-state index < -0.39 is 0 Å². The summed E-state index contributed by atoms with van der Waals surface area (Å²) in [4.78, 5) is 6.81. The maximum Gasteiger partial charge on any atom is 0.135 e. The van der Waals surface area contributed by atoms with Crippen LogP contribution in [0.5, 0.6) is 0 Å². The highest BCUT2D eigenvalue weighted by atomic mass is 15.2. The first-order chi connectivity index (χ1) is 10.0. The van der Waals surface area contributed by atoms with Gasteiger partial charge in [0.25, 0.3) is 0 Å². The first-order valence-electron chi connectivity index (χ1n) is 7.49. The Morgan fingerprint density at radius 2 is 1.71 bits per heavy atom. The molecular formula is C18H25N3. The molecule has 0 fully saturated rings. The molecule has 0 amide bonds. The first-order valence-corrected chi connectivity index (χ1v) is 7.49. The Bertz CT molecular complexity index is 600.